The minimum atomic E-state index is 0.0653. The second kappa shape index (κ2) is 9.30. The highest BCUT2D eigenvalue weighted by molar-refractivity contribution is 5.81. The van der Waals surface area contributed by atoms with E-state index in [2.05, 4.69) is 32.7 Å². The van der Waals surface area contributed by atoms with E-state index >= 15 is 0 Å². The molecule has 2 rings (SSSR count). The largest absolute Gasteiger partial charge is 0.497 e. The van der Waals surface area contributed by atoms with E-state index in [0.29, 0.717) is 18.9 Å². The first-order chi connectivity index (χ1) is 12.0. The minimum absolute atomic E-state index is 0.0653. The molecule has 1 aromatic carbocycles. The van der Waals surface area contributed by atoms with Crippen molar-refractivity contribution in [3.05, 3.63) is 29.8 Å². The molecule has 6 heteroatoms. The second-order valence-electron chi connectivity index (χ2n) is 6.65. The summed E-state index contributed by atoms with van der Waals surface area (Å²) in [5, 5.41) is 6.20. The van der Waals surface area contributed by atoms with Gasteiger partial charge in [0, 0.05) is 45.1 Å². The molecular formula is C19H30N4O2. The molecule has 138 valence electrons. The summed E-state index contributed by atoms with van der Waals surface area (Å²) in [4.78, 5) is 18.3. The molecule has 1 fully saturated rings. The summed E-state index contributed by atoms with van der Waals surface area (Å²) in [6.07, 6.45) is 1.55. The number of methoxy groups -OCH3 is 1. The van der Waals surface area contributed by atoms with E-state index in [1.54, 1.807) is 14.2 Å². The van der Waals surface area contributed by atoms with Crippen LogP contribution in [0.2, 0.25) is 0 Å². The lowest BCUT2D eigenvalue weighted by Crippen LogP contribution is -2.41. The number of carbonyl (C=O) groups excluding carboxylic acids is 1. The molecule has 25 heavy (non-hydrogen) atoms. The normalized spacial score (nSPS) is 17.7. The van der Waals surface area contributed by atoms with Crippen molar-refractivity contribution in [3.63, 3.8) is 0 Å². The Hall–Kier alpha value is -2.24. The summed E-state index contributed by atoms with van der Waals surface area (Å²) in [6, 6.07) is 8.48. The Balaban J connectivity index is 1.83. The van der Waals surface area contributed by atoms with Gasteiger partial charge in [-0.15, -0.1) is 0 Å². The zero-order chi connectivity index (χ0) is 18.2. The fourth-order valence-electron chi connectivity index (χ4n) is 3.12. The number of carbonyl (C=O) groups is 1. The molecular weight excluding hydrogens is 316 g/mol. The van der Waals surface area contributed by atoms with Crippen molar-refractivity contribution >= 4 is 11.9 Å². The number of amides is 1. The first-order valence-corrected chi connectivity index (χ1v) is 8.92. The predicted octanol–water partition coefficient (Wildman–Crippen LogP) is 1.97. The van der Waals surface area contributed by atoms with Crippen LogP contribution >= 0.6 is 0 Å². The molecule has 1 saturated heterocycles. The standard InChI is InChI=1S/C19H30N4O2/c1-14(2)22-18(24)9-11-21-19(20-3)23-12-10-16(13-23)15-5-7-17(25-4)8-6-15/h5-8,14,16H,9-13H2,1-4H3,(H,20,21)(H,22,24). The van der Waals surface area contributed by atoms with Gasteiger partial charge in [0.05, 0.1) is 7.11 Å². The molecule has 1 unspecified atom stereocenters. The number of likely N-dealkylation sites (tertiary alicyclic amines) is 1. The number of aliphatic imine (C=N–C) groups is 1. The van der Waals surface area contributed by atoms with Crippen LogP contribution in [0.3, 0.4) is 0 Å². The number of nitrogens with zero attached hydrogens (tertiary/aromatic N) is 2. The lowest BCUT2D eigenvalue weighted by atomic mass is 9.98. The molecule has 0 aliphatic carbocycles. The first kappa shape index (κ1) is 19.1. The topological polar surface area (TPSA) is 66.0 Å². The van der Waals surface area contributed by atoms with Crippen molar-refractivity contribution in [2.45, 2.75) is 38.6 Å². The van der Waals surface area contributed by atoms with E-state index < -0.39 is 0 Å². The molecule has 0 aromatic heterocycles. The van der Waals surface area contributed by atoms with Gasteiger partial charge >= 0.3 is 0 Å². The average molecular weight is 346 g/mol. The van der Waals surface area contributed by atoms with Crippen molar-refractivity contribution in [1.29, 1.82) is 0 Å². The van der Waals surface area contributed by atoms with Crippen LogP contribution in [-0.4, -0.2) is 56.6 Å². The Labute approximate surface area is 150 Å². The number of hydrogen-bond acceptors (Lipinski definition) is 3. The molecule has 1 heterocycles. The molecule has 0 saturated carbocycles. The number of nitrogens with one attached hydrogen (secondary N) is 2. The lowest BCUT2D eigenvalue weighted by molar-refractivity contribution is -0.121. The number of hydrogen-bond donors (Lipinski definition) is 2. The molecule has 6 nitrogen and oxygen atoms in total. The number of guanidine groups is 1. The maximum absolute atomic E-state index is 11.7. The summed E-state index contributed by atoms with van der Waals surface area (Å²) in [6.45, 7) is 6.43. The van der Waals surface area contributed by atoms with Crippen LogP contribution in [-0.2, 0) is 4.79 Å². The highest BCUT2D eigenvalue weighted by Crippen LogP contribution is 2.28. The highest BCUT2D eigenvalue weighted by Gasteiger charge is 2.26. The molecule has 1 aliphatic heterocycles. The van der Waals surface area contributed by atoms with E-state index in [1.807, 2.05) is 26.0 Å². The summed E-state index contributed by atoms with van der Waals surface area (Å²) in [5.74, 6) is 2.31. The van der Waals surface area contributed by atoms with Crippen LogP contribution in [0.25, 0.3) is 0 Å². The Morgan fingerprint density at radius 1 is 1.36 bits per heavy atom. The van der Waals surface area contributed by atoms with Crippen LogP contribution in [0, 0.1) is 0 Å². The molecule has 1 aliphatic rings. The molecule has 1 amide bonds. The lowest BCUT2D eigenvalue weighted by Gasteiger charge is -2.22. The van der Waals surface area contributed by atoms with Gasteiger partial charge in [-0.1, -0.05) is 12.1 Å². The SMILES string of the molecule is CN=C(NCCC(=O)NC(C)C)N1CCC(c2ccc(OC)cc2)C1. The second-order valence-corrected chi connectivity index (χ2v) is 6.65. The van der Waals surface area contributed by atoms with Crippen LogP contribution in [0.5, 0.6) is 5.75 Å². The van der Waals surface area contributed by atoms with Crippen LogP contribution < -0.4 is 15.4 Å². The zero-order valence-electron chi connectivity index (χ0n) is 15.7. The zero-order valence-corrected chi connectivity index (χ0v) is 15.7. The molecule has 1 aromatic rings. The van der Waals surface area contributed by atoms with E-state index in [-0.39, 0.29) is 11.9 Å². The Morgan fingerprint density at radius 2 is 2.08 bits per heavy atom. The van der Waals surface area contributed by atoms with Crippen LogP contribution in [0.15, 0.2) is 29.3 Å². The van der Waals surface area contributed by atoms with Gasteiger partial charge in [-0.3, -0.25) is 9.79 Å². The molecule has 0 bridgehead atoms. The van der Waals surface area contributed by atoms with E-state index in [0.717, 1.165) is 31.2 Å². The summed E-state index contributed by atoms with van der Waals surface area (Å²) < 4.78 is 5.22. The van der Waals surface area contributed by atoms with Gasteiger partial charge in [0.15, 0.2) is 5.96 Å². The van der Waals surface area contributed by atoms with Crippen molar-refractivity contribution < 1.29 is 9.53 Å². The van der Waals surface area contributed by atoms with Gasteiger partial charge in [-0.2, -0.15) is 0 Å². The van der Waals surface area contributed by atoms with Gasteiger partial charge in [-0.25, -0.2) is 0 Å². The van der Waals surface area contributed by atoms with Crippen molar-refractivity contribution in [2.75, 3.05) is 33.8 Å². The van der Waals surface area contributed by atoms with Crippen molar-refractivity contribution in [2.24, 2.45) is 4.99 Å². The molecule has 2 N–H and O–H groups in total. The van der Waals surface area contributed by atoms with Crippen LogP contribution in [0.1, 0.15) is 38.2 Å². The van der Waals surface area contributed by atoms with Gasteiger partial charge in [0.1, 0.15) is 5.75 Å². The summed E-state index contributed by atoms with van der Waals surface area (Å²) in [7, 11) is 3.47. The van der Waals surface area contributed by atoms with Gasteiger partial charge in [-0.05, 0) is 38.0 Å². The molecule has 0 radical (unpaired) electrons. The van der Waals surface area contributed by atoms with Crippen molar-refractivity contribution in [3.8, 4) is 5.75 Å². The third-order valence-corrected chi connectivity index (χ3v) is 4.37. The van der Waals surface area contributed by atoms with E-state index in [1.165, 1.54) is 5.56 Å². The number of rotatable bonds is 6. The molecule has 1 atom stereocenters. The number of benzene rings is 1. The van der Waals surface area contributed by atoms with Gasteiger partial charge in [0.25, 0.3) is 0 Å². The predicted molar refractivity (Wildman–Crippen MR) is 101 cm³/mol. The Morgan fingerprint density at radius 3 is 2.68 bits per heavy atom. The van der Waals surface area contributed by atoms with Gasteiger partial charge in [0.2, 0.25) is 5.91 Å². The fourth-order valence-corrected chi connectivity index (χ4v) is 3.12. The minimum Gasteiger partial charge on any atom is -0.497 e. The molecule has 0 spiro atoms. The maximum Gasteiger partial charge on any atom is 0.221 e. The highest BCUT2D eigenvalue weighted by atomic mass is 16.5. The fraction of sp³-hybridized carbons (Fsp3) is 0.579. The Kier molecular flexibility index (Phi) is 7.10. The van der Waals surface area contributed by atoms with E-state index in [4.69, 9.17) is 4.74 Å². The van der Waals surface area contributed by atoms with E-state index in [9.17, 15) is 4.79 Å². The smallest absolute Gasteiger partial charge is 0.221 e. The Bertz CT molecular complexity index is 584. The maximum atomic E-state index is 11.7. The van der Waals surface area contributed by atoms with Gasteiger partial charge < -0.3 is 20.3 Å². The third-order valence-electron chi connectivity index (χ3n) is 4.37. The summed E-state index contributed by atoms with van der Waals surface area (Å²) >= 11 is 0. The average Bonchev–Trinajstić information content (AvgIpc) is 3.08. The quantitative estimate of drug-likeness (QED) is 0.611. The third kappa shape index (κ3) is 5.66. The monoisotopic (exact) mass is 346 g/mol. The van der Waals surface area contributed by atoms with Crippen LogP contribution in [0.4, 0.5) is 0 Å². The summed E-state index contributed by atoms with van der Waals surface area (Å²) in [5.41, 5.74) is 1.33. The van der Waals surface area contributed by atoms with Crippen molar-refractivity contribution in [1.82, 2.24) is 15.5 Å². The number of ether oxygens (including phenoxy) is 1. The first-order valence-electron chi connectivity index (χ1n) is 8.92.